The molecule has 12 heavy (non-hydrogen) atoms. The summed E-state index contributed by atoms with van der Waals surface area (Å²) < 4.78 is 0. The van der Waals surface area contributed by atoms with Crippen molar-refractivity contribution < 1.29 is 0 Å². The molecule has 60 valence electrons. The Hall–Kier alpha value is -1.64. The van der Waals surface area contributed by atoms with E-state index >= 15 is 0 Å². The normalized spacial score (nSPS) is 20.5. The molecular weight excluding hydrogens is 150 g/mol. The van der Waals surface area contributed by atoms with Crippen LogP contribution in [-0.4, -0.2) is 11.3 Å². The molecule has 1 aromatic rings. The molecule has 0 saturated heterocycles. The predicted octanol–water partition coefficient (Wildman–Crippen LogP) is 1.27. The van der Waals surface area contributed by atoms with Gasteiger partial charge in [0.2, 0.25) is 0 Å². The number of nitrogens with one attached hydrogen (secondary N) is 1. The highest BCUT2D eigenvalue weighted by atomic mass is 15.0. The standard InChI is InChI=1S/C9H9N3/c1-2-5-11-8(3-1)9-4-6-10-7-12-9/h1-7,9H,(H,10,12). The lowest BCUT2D eigenvalue weighted by atomic mass is 10.2. The van der Waals surface area contributed by atoms with Gasteiger partial charge in [0, 0.05) is 12.4 Å². The molecule has 1 aliphatic heterocycles. The van der Waals surface area contributed by atoms with Crippen LogP contribution in [-0.2, 0) is 0 Å². The van der Waals surface area contributed by atoms with Crippen molar-refractivity contribution in [2.75, 3.05) is 0 Å². The molecule has 0 radical (unpaired) electrons. The molecule has 0 spiro atoms. The van der Waals surface area contributed by atoms with Gasteiger partial charge in [0.1, 0.15) is 0 Å². The molecule has 2 rings (SSSR count). The summed E-state index contributed by atoms with van der Waals surface area (Å²) in [5.41, 5.74) is 1.01. The first kappa shape index (κ1) is 7.03. The van der Waals surface area contributed by atoms with Crippen LogP contribution in [0.25, 0.3) is 0 Å². The van der Waals surface area contributed by atoms with Crippen molar-refractivity contribution in [3.63, 3.8) is 0 Å². The van der Waals surface area contributed by atoms with E-state index in [1.54, 1.807) is 18.7 Å². The van der Waals surface area contributed by atoms with Crippen LogP contribution in [0.15, 0.2) is 41.7 Å². The van der Waals surface area contributed by atoms with Gasteiger partial charge in [-0.3, -0.25) is 4.98 Å². The predicted molar refractivity (Wildman–Crippen MR) is 47.7 cm³/mol. The van der Waals surface area contributed by atoms with Crippen LogP contribution in [0.4, 0.5) is 0 Å². The van der Waals surface area contributed by atoms with Crippen molar-refractivity contribution in [2.24, 2.45) is 4.99 Å². The van der Waals surface area contributed by atoms with Gasteiger partial charge < -0.3 is 5.32 Å². The maximum atomic E-state index is 4.23. The maximum absolute atomic E-state index is 4.23. The first-order valence-corrected chi connectivity index (χ1v) is 3.82. The van der Waals surface area contributed by atoms with E-state index in [9.17, 15) is 0 Å². The Morgan fingerprint density at radius 1 is 1.33 bits per heavy atom. The van der Waals surface area contributed by atoms with E-state index < -0.39 is 0 Å². The van der Waals surface area contributed by atoms with E-state index in [4.69, 9.17) is 0 Å². The summed E-state index contributed by atoms with van der Waals surface area (Å²) in [5, 5.41) is 3.09. The summed E-state index contributed by atoms with van der Waals surface area (Å²) >= 11 is 0. The fraction of sp³-hybridized carbons (Fsp3) is 0.111. The average Bonchev–Trinajstić information content (AvgIpc) is 2.21. The highest BCUT2D eigenvalue weighted by Gasteiger charge is 2.07. The molecule has 3 nitrogen and oxygen atoms in total. The summed E-state index contributed by atoms with van der Waals surface area (Å²) in [5.74, 6) is 0. The SMILES string of the molecule is C1=CC(c2ccccn2)NC=N1. The number of pyridine rings is 1. The van der Waals surface area contributed by atoms with E-state index in [2.05, 4.69) is 15.3 Å². The summed E-state index contributed by atoms with van der Waals surface area (Å²) in [6.07, 6.45) is 7.22. The van der Waals surface area contributed by atoms with Gasteiger partial charge in [0.15, 0.2) is 0 Å². The van der Waals surface area contributed by atoms with Crippen molar-refractivity contribution in [2.45, 2.75) is 6.04 Å². The molecule has 0 saturated carbocycles. The van der Waals surface area contributed by atoms with E-state index in [-0.39, 0.29) is 6.04 Å². The topological polar surface area (TPSA) is 37.3 Å². The fourth-order valence-electron chi connectivity index (χ4n) is 1.10. The molecule has 0 amide bonds. The van der Waals surface area contributed by atoms with Crippen LogP contribution in [0, 0.1) is 0 Å². The zero-order valence-electron chi connectivity index (χ0n) is 6.51. The molecule has 1 aromatic heterocycles. The molecule has 1 N–H and O–H groups in total. The van der Waals surface area contributed by atoms with Gasteiger partial charge in [-0.2, -0.15) is 0 Å². The highest BCUT2D eigenvalue weighted by Crippen LogP contribution is 2.11. The molecule has 3 heteroatoms. The van der Waals surface area contributed by atoms with E-state index in [0.29, 0.717) is 0 Å². The first-order chi connectivity index (χ1) is 5.97. The molecule has 2 heterocycles. The Labute approximate surface area is 70.9 Å². The van der Waals surface area contributed by atoms with Crippen molar-refractivity contribution >= 4 is 6.34 Å². The van der Waals surface area contributed by atoms with Crippen molar-refractivity contribution in [3.05, 3.63) is 42.4 Å². The van der Waals surface area contributed by atoms with Gasteiger partial charge in [-0.05, 0) is 18.2 Å². The van der Waals surface area contributed by atoms with Crippen LogP contribution in [0.5, 0.6) is 0 Å². The zero-order valence-corrected chi connectivity index (χ0v) is 6.51. The third-order valence-electron chi connectivity index (χ3n) is 1.70. The monoisotopic (exact) mass is 159 g/mol. The van der Waals surface area contributed by atoms with Gasteiger partial charge in [-0.1, -0.05) is 6.07 Å². The number of aromatic nitrogens is 1. The number of rotatable bonds is 1. The van der Waals surface area contributed by atoms with Gasteiger partial charge in [-0.15, -0.1) is 0 Å². The van der Waals surface area contributed by atoms with E-state index in [1.807, 2.05) is 24.3 Å². The fourth-order valence-corrected chi connectivity index (χ4v) is 1.10. The Kier molecular flexibility index (Phi) is 1.86. The van der Waals surface area contributed by atoms with Crippen LogP contribution in [0.3, 0.4) is 0 Å². The molecule has 1 atom stereocenters. The molecule has 1 aliphatic rings. The highest BCUT2D eigenvalue weighted by molar-refractivity contribution is 5.58. The average molecular weight is 159 g/mol. The smallest absolute Gasteiger partial charge is 0.0895 e. The first-order valence-electron chi connectivity index (χ1n) is 3.82. The minimum Gasteiger partial charge on any atom is -0.364 e. The van der Waals surface area contributed by atoms with Crippen LogP contribution in [0.2, 0.25) is 0 Å². The second kappa shape index (κ2) is 3.17. The Balaban J connectivity index is 2.21. The Morgan fingerprint density at radius 3 is 3.00 bits per heavy atom. The molecule has 0 fully saturated rings. The molecule has 1 unspecified atom stereocenters. The number of aliphatic imine (C=N–C) groups is 1. The number of hydrogen-bond acceptors (Lipinski definition) is 3. The van der Waals surface area contributed by atoms with Crippen molar-refractivity contribution in [3.8, 4) is 0 Å². The molecular formula is C9H9N3. The lowest BCUT2D eigenvalue weighted by Gasteiger charge is -2.13. The van der Waals surface area contributed by atoms with Crippen molar-refractivity contribution in [1.82, 2.24) is 10.3 Å². The van der Waals surface area contributed by atoms with Gasteiger partial charge >= 0.3 is 0 Å². The van der Waals surface area contributed by atoms with E-state index in [0.717, 1.165) is 5.69 Å². The summed E-state index contributed by atoms with van der Waals surface area (Å²) in [6, 6.07) is 6.04. The second-order valence-electron chi connectivity index (χ2n) is 2.52. The number of nitrogens with zero attached hydrogens (tertiary/aromatic N) is 2. The quantitative estimate of drug-likeness (QED) is 0.670. The lowest BCUT2D eigenvalue weighted by Crippen LogP contribution is -2.20. The largest absolute Gasteiger partial charge is 0.364 e. The van der Waals surface area contributed by atoms with Crippen molar-refractivity contribution in [1.29, 1.82) is 0 Å². The Bertz CT molecular complexity index is 303. The maximum Gasteiger partial charge on any atom is 0.0895 e. The molecule has 0 aliphatic carbocycles. The summed E-state index contributed by atoms with van der Waals surface area (Å²) in [6.45, 7) is 0. The zero-order chi connectivity index (χ0) is 8.23. The molecule has 0 bridgehead atoms. The minimum absolute atomic E-state index is 0.170. The van der Waals surface area contributed by atoms with Crippen LogP contribution < -0.4 is 5.32 Å². The lowest BCUT2D eigenvalue weighted by molar-refractivity contribution is 0.760. The van der Waals surface area contributed by atoms with Gasteiger partial charge in [-0.25, -0.2) is 4.99 Å². The number of hydrogen-bond donors (Lipinski definition) is 1. The Morgan fingerprint density at radius 2 is 2.33 bits per heavy atom. The third kappa shape index (κ3) is 1.34. The van der Waals surface area contributed by atoms with Crippen LogP contribution >= 0.6 is 0 Å². The second-order valence-corrected chi connectivity index (χ2v) is 2.52. The third-order valence-corrected chi connectivity index (χ3v) is 1.70. The summed E-state index contributed by atoms with van der Waals surface area (Å²) in [7, 11) is 0. The van der Waals surface area contributed by atoms with Gasteiger partial charge in [0.05, 0.1) is 18.1 Å². The van der Waals surface area contributed by atoms with Gasteiger partial charge in [0.25, 0.3) is 0 Å². The van der Waals surface area contributed by atoms with Crippen LogP contribution in [0.1, 0.15) is 11.7 Å². The molecule has 0 aromatic carbocycles. The van der Waals surface area contributed by atoms with E-state index in [1.165, 1.54) is 0 Å². The summed E-state index contributed by atoms with van der Waals surface area (Å²) in [4.78, 5) is 8.14. The minimum atomic E-state index is 0.170.